The van der Waals surface area contributed by atoms with E-state index in [2.05, 4.69) is 0 Å². The molecular formula is C12H9ClF3NO2S. The molecular weight excluding hydrogens is 315 g/mol. The van der Waals surface area contributed by atoms with Crippen LogP contribution in [-0.2, 0) is 16.0 Å². The van der Waals surface area contributed by atoms with Gasteiger partial charge in [0.05, 0.1) is 18.6 Å². The maximum Gasteiger partial charge on any atom is 0.446 e. The summed E-state index contributed by atoms with van der Waals surface area (Å²) in [4.78, 5) is 11.1. The Morgan fingerprint density at radius 2 is 2.15 bits per heavy atom. The van der Waals surface area contributed by atoms with Gasteiger partial charge in [0.1, 0.15) is 6.07 Å². The topological polar surface area (TPSA) is 50.1 Å². The summed E-state index contributed by atoms with van der Waals surface area (Å²) in [7, 11) is 0. The summed E-state index contributed by atoms with van der Waals surface area (Å²) in [6, 6.07) is 3.99. The van der Waals surface area contributed by atoms with Crippen molar-refractivity contribution in [2.24, 2.45) is 0 Å². The van der Waals surface area contributed by atoms with Crippen molar-refractivity contribution in [3.8, 4) is 6.07 Å². The number of carbonyl (C=O) groups is 1. The van der Waals surface area contributed by atoms with Gasteiger partial charge in [-0.3, -0.25) is 4.79 Å². The molecule has 0 atom stereocenters. The molecule has 0 aliphatic rings. The number of alkyl halides is 3. The molecule has 0 aromatic heterocycles. The van der Waals surface area contributed by atoms with Crippen molar-refractivity contribution in [1.82, 2.24) is 0 Å². The molecule has 8 heteroatoms. The van der Waals surface area contributed by atoms with Gasteiger partial charge in [-0.15, -0.1) is 0 Å². The number of nitrogens with zero attached hydrogens (tertiary/aromatic N) is 1. The number of hydrogen-bond acceptors (Lipinski definition) is 4. The maximum atomic E-state index is 12.4. The Balaban J connectivity index is 3.19. The van der Waals surface area contributed by atoms with E-state index >= 15 is 0 Å². The summed E-state index contributed by atoms with van der Waals surface area (Å²) in [6.07, 6.45) is -0.345. The predicted molar refractivity (Wildman–Crippen MR) is 68.4 cm³/mol. The van der Waals surface area contributed by atoms with Gasteiger partial charge >= 0.3 is 11.5 Å². The molecule has 0 bridgehead atoms. The van der Waals surface area contributed by atoms with Crippen LogP contribution in [0, 0.1) is 11.3 Å². The molecule has 0 fully saturated rings. The van der Waals surface area contributed by atoms with Crippen molar-refractivity contribution in [2.75, 3.05) is 6.61 Å². The number of carbonyl (C=O) groups excluding carboxylic acids is 1. The normalized spacial score (nSPS) is 11.0. The van der Waals surface area contributed by atoms with Crippen LogP contribution in [0.3, 0.4) is 0 Å². The smallest absolute Gasteiger partial charge is 0.446 e. The van der Waals surface area contributed by atoms with E-state index < -0.39 is 23.2 Å². The zero-order valence-corrected chi connectivity index (χ0v) is 11.8. The predicted octanol–water partition coefficient (Wildman–Crippen LogP) is 3.93. The van der Waals surface area contributed by atoms with Crippen LogP contribution >= 0.6 is 23.4 Å². The highest BCUT2D eigenvalue weighted by atomic mass is 35.5. The second-order valence-electron chi connectivity index (χ2n) is 3.54. The molecule has 0 radical (unpaired) electrons. The average molecular weight is 324 g/mol. The Labute approximate surface area is 122 Å². The zero-order chi connectivity index (χ0) is 15.3. The lowest BCUT2D eigenvalue weighted by Gasteiger charge is -2.12. The summed E-state index contributed by atoms with van der Waals surface area (Å²) in [5, 5.41) is 9.08. The number of nitriles is 1. The van der Waals surface area contributed by atoms with Crippen LogP contribution in [0.25, 0.3) is 0 Å². The van der Waals surface area contributed by atoms with Crippen LogP contribution in [0.1, 0.15) is 18.1 Å². The first kappa shape index (κ1) is 16.7. The van der Waals surface area contributed by atoms with E-state index in [1.54, 1.807) is 13.0 Å². The highest BCUT2D eigenvalue weighted by molar-refractivity contribution is 8.00. The maximum absolute atomic E-state index is 12.4. The van der Waals surface area contributed by atoms with Gasteiger partial charge in [0.25, 0.3) is 0 Å². The largest absolute Gasteiger partial charge is 0.466 e. The summed E-state index contributed by atoms with van der Waals surface area (Å²) < 4.78 is 41.9. The molecule has 0 amide bonds. The number of halogens is 4. The monoisotopic (exact) mass is 323 g/mol. The molecule has 1 aromatic carbocycles. The number of ether oxygens (including phenoxy) is 1. The Morgan fingerprint density at radius 1 is 1.50 bits per heavy atom. The first-order chi connectivity index (χ1) is 9.28. The molecule has 0 N–H and O–H groups in total. The van der Waals surface area contributed by atoms with Crippen LogP contribution < -0.4 is 0 Å². The minimum absolute atomic E-state index is 0.0434. The number of hydrogen-bond donors (Lipinski definition) is 0. The van der Waals surface area contributed by atoms with Crippen LogP contribution in [0.15, 0.2) is 17.0 Å². The fraction of sp³-hybridized carbons (Fsp3) is 0.333. The molecule has 3 nitrogen and oxygen atoms in total. The van der Waals surface area contributed by atoms with Gasteiger partial charge in [-0.25, -0.2) is 0 Å². The molecule has 0 saturated carbocycles. The van der Waals surface area contributed by atoms with E-state index in [1.807, 2.05) is 0 Å². The zero-order valence-electron chi connectivity index (χ0n) is 10.3. The summed E-state index contributed by atoms with van der Waals surface area (Å²) in [6.45, 7) is 1.73. The quantitative estimate of drug-likeness (QED) is 0.622. The summed E-state index contributed by atoms with van der Waals surface area (Å²) in [5.74, 6) is -0.653. The number of rotatable bonds is 4. The lowest BCUT2D eigenvalue weighted by atomic mass is 10.1. The molecule has 20 heavy (non-hydrogen) atoms. The SMILES string of the molecule is CCOC(=O)Cc1c(Cl)ccc(SC(F)(F)F)c1C#N. The highest BCUT2D eigenvalue weighted by Crippen LogP contribution is 2.40. The lowest BCUT2D eigenvalue weighted by molar-refractivity contribution is -0.142. The highest BCUT2D eigenvalue weighted by Gasteiger charge is 2.31. The van der Waals surface area contributed by atoms with Gasteiger partial charge in [0.2, 0.25) is 0 Å². The van der Waals surface area contributed by atoms with Gasteiger partial charge in [0, 0.05) is 15.5 Å². The van der Waals surface area contributed by atoms with E-state index in [0.29, 0.717) is 0 Å². The lowest BCUT2D eigenvalue weighted by Crippen LogP contribution is -2.10. The molecule has 0 saturated heterocycles. The molecule has 1 rings (SSSR count). The van der Waals surface area contributed by atoms with E-state index in [-0.39, 0.29) is 34.1 Å². The molecule has 0 aliphatic carbocycles. The van der Waals surface area contributed by atoms with Crippen molar-refractivity contribution in [2.45, 2.75) is 23.7 Å². The molecule has 108 valence electrons. The van der Waals surface area contributed by atoms with E-state index in [0.717, 1.165) is 6.07 Å². The Hall–Kier alpha value is -1.39. The third-order valence-corrected chi connectivity index (χ3v) is 3.33. The van der Waals surface area contributed by atoms with Gasteiger partial charge in [-0.1, -0.05) is 11.6 Å². The summed E-state index contributed by atoms with van der Waals surface area (Å²) in [5.41, 5.74) is -4.74. The standard InChI is InChI=1S/C12H9ClF3NO2S/c1-2-19-11(18)5-7-8(6-17)10(4-3-9(7)13)20-12(14,15)16/h3-4H,2,5H2,1H3. The Bertz CT molecular complexity index is 555. The summed E-state index contributed by atoms with van der Waals surface area (Å²) >= 11 is 5.43. The van der Waals surface area contributed by atoms with Crippen molar-refractivity contribution >= 4 is 29.3 Å². The van der Waals surface area contributed by atoms with Gasteiger partial charge in [0.15, 0.2) is 0 Å². The first-order valence-electron chi connectivity index (χ1n) is 5.41. The Morgan fingerprint density at radius 3 is 2.65 bits per heavy atom. The average Bonchev–Trinajstić information content (AvgIpc) is 2.32. The van der Waals surface area contributed by atoms with Crippen molar-refractivity contribution in [3.05, 3.63) is 28.3 Å². The molecule has 0 aliphatic heterocycles. The molecule has 1 aromatic rings. The molecule has 0 heterocycles. The second-order valence-corrected chi connectivity index (χ2v) is 5.05. The second kappa shape index (κ2) is 6.86. The fourth-order valence-electron chi connectivity index (χ4n) is 1.46. The van der Waals surface area contributed by atoms with Gasteiger partial charge in [-0.2, -0.15) is 18.4 Å². The Kier molecular flexibility index (Phi) is 5.72. The van der Waals surface area contributed by atoms with E-state index in [9.17, 15) is 18.0 Å². The van der Waals surface area contributed by atoms with Crippen molar-refractivity contribution in [3.63, 3.8) is 0 Å². The van der Waals surface area contributed by atoms with Crippen LogP contribution in [-0.4, -0.2) is 18.1 Å². The van der Waals surface area contributed by atoms with Gasteiger partial charge in [-0.05, 0) is 30.8 Å². The first-order valence-corrected chi connectivity index (χ1v) is 6.60. The van der Waals surface area contributed by atoms with E-state index in [4.69, 9.17) is 21.6 Å². The fourth-order valence-corrected chi connectivity index (χ4v) is 2.34. The minimum Gasteiger partial charge on any atom is -0.466 e. The van der Waals surface area contributed by atoms with E-state index in [1.165, 1.54) is 6.07 Å². The third kappa shape index (κ3) is 4.62. The number of thioether (sulfide) groups is 1. The van der Waals surface area contributed by atoms with Crippen LogP contribution in [0.4, 0.5) is 13.2 Å². The minimum atomic E-state index is -4.53. The number of esters is 1. The molecule has 0 spiro atoms. The van der Waals surface area contributed by atoms with Crippen LogP contribution in [0.5, 0.6) is 0 Å². The van der Waals surface area contributed by atoms with Crippen molar-refractivity contribution in [1.29, 1.82) is 5.26 Å². The van der Waals surface area contributed by atoms with Crippen LogP contribution in [0.2, 0.25) is 5.02 Å². The van der Waals surface area contributed by atoms with Crippen molar-refractivity contribution < 1.29 is 22.7 Å². The number of benzene rings is 1. The van der Waals surface area contributed by atoms with Gasteiger partial charge < -0.3 is 4.74 Å². The molecule has 0 unspecified atom stereocenters. The third-order valence-electron chi connectivity index (χ3n) is 2.18.